The molecule has 0 radical (unpaired) electrons. The minimum absolute atomic E-state index is 0.0481. The number of nitrogens with one attached hydrogen (secondary N) is 2. The Morgan fingerprint density at radius 1 is 1.08 bits per heavy atom. The fraction of sp³-hybridized carbons (Fsp3) is 0.300. The molecule has 25 heavy (non-hydrogen) atoms. The first-order valence-corrected chi connectivity index (χ1v) is 8.53. The third-order valence-corrected chi connectivity index (χ3v) is 4.52. The summed E-state index contributed by atoms with van der Waals surface area (Å²) >= 11 is 0. The average molecular weight is 337 g/mol. The third kappa shape index (κ3) is 4.25. The van der Waals surface area contributed by atoms with E-state index in [1.54, 1.807) is 11.9 Å². The minimum atomic E-state index is -0.583. The standard InChI is InChI=1S/C20H23N3O2/c1-23(17-10-6-3-7-11-17)20(25)18(12-15-8-4-2-5-9-15)22-19(24)16-13-21-14-16/h2-11,16,18,21H,12-14H2,1H3,(H,22,24)/t18-/m0/s1. The molecule has 1 fully saturated rings. The fourth-order valence-electron chi connectivity index (χ4n) is 2.83. The molecule has 5 nitrogen and oxygen atoms in total. The number of para-hydroxylation sites is 1. The molecule has 0 unspecified atom stereocenters. The molecule has 2 aromatic carbocycles. The number of anilines is 1. The van der Waals surface area contributed by atoms with E-state index in [4.69, 9.17) is 0 Å². The smallest absolute Gasteiger partial charge is 0.249 e. The normalized spacial score (nSPS) is 15.1. The molecule has 0 spiro atoms. The molecule has 1 aliphatic rings. The fourth-order valence-corrected chi connectivity index (χ4v) is 2.83. The monoisotopic (exact) mass is 337 g/mol. The molecule has 2 amide bonds. The van der Waals surface area contributed by atoms with Gasteiger partial charge in [0.05, 0.1) is 5.92 Å². The summed E-state index contributed by atoms with van der Waals surface area (Å²) in [6, 6.07) is 18.6. The number of nitrogens with zero attached hydrogens (tertiary/aromatic N) is 1. The summed E-state index contributed by atoms with van der Waals surface area (Å²) in [6.07, 6.45) is 0.475. The zero-order valence-electron chi connectivity index (χ0n) is 14.3. The van der Waals surface area contributed by atoms with Crippen molar-refractivity contribution in [3.63, 3.8) is 0 Å². The Hall–Kier alpha value is -2.66. The summed E-state index contributed by atoms with van der Waals surface area (Å²) in [5.74, 6) is -0.224. The minimum Gasteiger partial charge on any atom is -0.344 e. The Balaban J connectivity index is 1.76. The van der Waals surface area contributed by atoms with E-state index in [1.165, 1.54) is 0 Å². The number of rotatable bonds is 6. The van der Waals surface area contributed by atoms with Crippen molar-refractivity contribution < 1.29 is 9.59 Å². The highest BCUT2D eigenvalue weighted by Gasteiger charge is 2.30. The molecule has 1 saturated heterocycles. The number of hydrogen-bond donors (Lipinski definition) is 2. The van der Waals surface area contributed by atoms with Gasteiger partial charge in [-0.3, -0.25) is 9.59 Å². The zero-order chi connectivity index (χ0) is 17.6. The number of amides is 2. The third-order valence-electron chi connectivity index (χ3n) is 4.52. The summed E-state index contributed by atoms with van der Waals surface area (Å²) in [5, 5.41) is 6.03. The van der Waals surface area contributed by atoms with E-state index in [9.17, 15) is 9.59 Å². The molecule has 3 rings (SSSR count). The first-order valence-electron chi connectivity index (χ1n) is 8.53. The van der Waals surface area contributed by atoms with Gasteiger partial charge in [0.25, 0.3) is 0 Å². The van der Waals surface area contributed by atoms with Crippen LogP contribution < -0.4 is 15.5 Å². The van der Waals surface area contributed by atoms with Gasteiger partial charge in [-0.25, -0.2) is 0 Å². The molecule has 2 aromatic rings. The second-order valence-electron chi connectivity index (χ2n) is 6.34. The maximum atomic E-state index is 13.0. The van der Waals surface area contributed by atoms with Crippen molar-refractivity contribution in [1.29, 1.82) is 0 Å². The number of carbonyl (C=O) groups is 2. The Kier molecular flexibility index (Phi) is 5.46. The van der Waals surface area contributed by atoms with Gasteiger partial charge in [-0.2, -0.15) is 0 Å². The largest absolute Gasteiger partial charge is 0.344 e. The summed E-state index contributed by atoms with van der Waals surface area (Å²) in [5.41, 5.74) is 1.83. The van der Waals surface area contributed by atoms with Gasteiger partial charge in [0, 0.05) is 32.2 Å². The quantitative estimate of drug-likeness (QED) is 0.842. The molecule has 130 valence electrons. The molecule has 0 saturated carbocycles. The summed E-state index contributed by atoms with van der Waals surface area (Å²) in [6.45, 7) is 1.35. The predicted octanol–water partition coefficient (Wildman–Crippen LogP) is 1.60. The summed E-state index contributed by atoms with van der Waals surface area (Å²) in [4.78, 5) is 27.0. The van der Waals surface area contributed by atoms with Gasteiger partial charge < -0.3 is 15.5 Å². The van der Waals surface area contributed by atoms with Gasteiger partial charge in [-0.15, -0.1) is 0 Å². The van der Waals surface area contributed by atoms with Crippen molar-refractivity contribution >= 4 is 17.5 Å². The van der Waals surface area contributed by atoms with Gasteiger partial charge in [0.15, 0.2) is 0 Å². The van der Waals surface area contributed by atoms with Crippen molar-refractivity contribution in [2.75, 3.05) is 25.0 Å². The molecule has 0 aliphatic carbocycles. The van der Waals surface area contributed by atoms with Crippen LogP contribution in [-0.2, 0) is 16.0 Å². The van der Waals surface area contributed by atoms with Crippen molar-refractivity contribution in [2.24, 2.45) is 5.92 Å². The van der Waals surface area contributed by atoms with E-state index in [2.05, 4.69) is 10.6 Å². The molecule has 1 heterocycles. The molecule has 2 N–H and O–H groups in total. The topological polar surface area (TPSA) is 61.4 Å². The Bertz CT molecular complexity index is 714. The summed E-state index contributed by atoms with van der Waals surface area (Å²) < 4.78 is 0. The highest BCUT2D eigenvalue weighted by atomic mass is 16.2. The maximum absolute atomic E-state index is 13.0. The Morgan fingerprint density at radius 3 is 2.24 bits per heavy atom. The van der Waals surface area contributed by atoms with E-state index >= 15 is 0 Å². The van der Waals surface area contributed by atoms with Crippen LogP contribution in [-0.4, -0.2) is 38.0 Å². The molecule has 0 bridgehead atoms. The van der Waals surface area contributed by atoms with Crippen molar-refractivity contribution in [1.82, 2.24) is 10.6 Å². The molecular weight excluding hydrogens is 314 g/mol. The van der Waals surface area contributed by atoms with E-state index in [1.807, 2.05) is 60.7 Å². The van der Waals surface area contributed by atoms with Gasteiger partial charge in [-0.1, -0.05) is 48.5 Å². The Labute approximate surface area is 148 Å². The summed E-state index contributed by atoms with van der Waals surface area (Å²) in [7, 11) is 1.74. The van der Waals surface area contributed by atoms with E-state index < -0.39 is 6.04 Å². The highest BCUT2D eigenvalue weighted by Crippen LogP contribution is 2.15. The van der Waals surface area contributed by atoms with Crippen molar-refractivity contribution in [3.05, 3.63) is 66.2 Å². The van der Waals surface area contributed by atoms with Crippen LogP contribution in [0.3, 0.4) is 0 Å². The van der Waals surface area contributed by atoms with Crippen LogP contribution in [0.15, 0.2) is 60.7 Å². The van der Waals surface area contributed by atoms with Crippen molar-refractivity contribution in [3.8, 4) is 0 Å². The van der Waals surface area contributed by atoms with Gasteiger partial charge in [0.2, 0.25) is 11.8 Å². The van der Waals surface area contributed by atoms with Crippen LogP contribution in [0.4, 0.5) is 5.69 Å². The zero-order valence-corrected chi connectivity index (χ0v) is 14.3. The van der Waals surface area contributed by atoms with Crippen LogP contribution in [0.25, 0.3) is 0 Å². The van der Waals surface area contributed by atoms with Crippen molar-refractivity contribution in [2.45, 2.75) is 12.5 Å². The van der Waals surface area contributed by atoms with E-state index in [0.29, 0.717) is 19.5 Å². The van der Waals surface area contributed by atoms with E-state index in [-0.39, 0.29) is 17.7 Å². The van der Waals surface area contributed by atoms with Crippen LogP contribution in [0, 0.1) is 5.92 Å². The second kappa shape index (κ2) is 7.94. The van der Waals surface area contributed by atoms with Gasteiger partial charge in [0.1, 0.15) is 6.04 Å². The predicted molar refractivity (Wildman–Crippen MR) is 98.3 cm³/mol. The van der Waals surface area contributed by atoms with Crippen LogP contribution in [0.5, 0.6) is 0 Å². The molecular formula is C20H23N3O2. The average Bonchev–Trinajstić information content (AvgIpc) is 2.60. The number of benzene rings is 2. The first kappa shape index (κ1) is 17.2. The number of likely N-dealkylation sites (N-methyl/N-ethyl adjacent to an activating group) is 1. The molecule has 1 atom stereocenters. The lowest BCUT2D eigenvalue weighted by atomic mass is 10.00. The number of hydrogen-bond acceptors (Lipinski definition) is 3. The first-order chi connectivity index (χ1) is 12.1. The molecule has 0 aromatic heterocycles. The lowest BCUT2D eigenvalue weighted by Gasteiger charge is -2.30. The van der Waals surface area contributed by atoms with Gasteiger partial charge in [-0.05, 0) is 17.7 Å². The molecule has 1 aliphatic heterocycles. The van der Waals surface area contributed by atoms with E-state index in [0.717, 1.165) is 11.3 Å². The SMILES string of the molecule is CN(C(=O)[C@H](Cc1ccccc1)NC(=O)C1CNC1)c1ccccc1. The van der Waals surface area contributed by atoms with Crippen LogP contribution in [0.1, 0.15) is 5.56 Å². The Morgan fingerprint density at radius 2 is 1.68 bits per heavy atom. The highest BCUT2D eigenvalue weighted by molar-refractivity contribution is 5.99. The number of carbonyl (C=O) groups excluding carboxylic acids is 2. The second-order valence-corrected chi connectivity index (χ2v) is 6.34. The molecule has 5 heteroatoms. The lowest BCUT2D eigenvalue weighted by molar-refractivity contribution is -0.131. The maximum Gasteiger partial charge on any atom is 0.249 e. The van der Waals surface area contributed by atoms with Gasteiger partial charge >= 0.3 is 0 Å². The van der Waals surface area contributed by atoms with Crippen LogP contribution >= 0.6 is 0 Å². The van der Waals surface area contributed by atoms with Crippen LogP contribution in [0.2, 0.25) is 0 Å². The lowest BCUT2D eigenvalue weighted by Crippen LogP contribution is -2.56.